The lowest BCUT2D eigenvalue weighted by Crippen LogP contribution is -2.46. The van der Waals surface area contributed by atoms with E-state index >= 15 is 0 Å². The second kappa shape index (κ2) is 7.85. The summed E-state index contributed by atoms with van der Waals surface area (Å²) in [6, 6.07) is 5.60. The van der Waals surface area contributed by atoms with Gasteiger partial charge in [0.1, 0.15) is 0 Å². The fourth-order valence-corrected chi connectivity index (χ4v) is 3.64. The van der Waals surface area contributed by atoms with Crippen LogP contribution in [0.3, 0.4) is 0 Å². The van der Waals surface area contributed by atoms with Crippen molar-refractivity contribution in [2.24, 2.45) is 5.92 Å². The van der Waals surface area contributed by atoms with Crippen LogP contribution >= 0.6 is 0 Å². The van der Waals surface area contributed by atoms with E-state index in [9.17, 15) is 13.2 Å². The van der Waals surface area contributed by atoms with Crippen molar-refractivity contribution in [2.75, 3.05) is 39.3 Å². The maximum absolute atomic E-state index is 12.8. The zero-order valence-electron chi connectivity index (χ0n) is 13.8. The molecule has 1 N–H and O–H groups in total. The van der Waals surface area contributed by atoms with Crippen molar-refractivity contribution < 1.29 is 17.9 Å². The zero-order valence-corrected chi connectivity index (χ0v) is 13.8. The molecule has 2 saturated heterocycles. The Bertz CT molecular complexity index is 529. The Morgan fingerprint density at radius 2 is 2.00 bits per heavy atom. The fourth-order valence-electron chi connectivity index (χ4n) is 3.64. The molecule has 2 fully saturated rings. The number of rotatable bonds is 4. The molecule has 134 valence electrons. The van der Waals surface area contributed by atoms with E-state index in [1.165, 1.54) is 25.0 Å². The molecule has 2 heterocycles. The SMILES string of the molecule is FC(F)(F)c1cccc(CC2CN(CC3CCNCC3)CCO2)c1. The molecular formula is C18H25F3N2O. The van der Waals surface area contributed by atoms with Crippen LogP contribution in [-0.2, 0) is 17.3 Å². The molecule has 0 aromatic heterocycles. The summed E-state index contributed by atoms with van der Waals surface area (Å²) in [7, 11) is 0. The van der Waals surface area contributed by atoms with E-state index in [0.29, 0.717) is 18.6 Å². The summed E-state index contributed by atoms with van der Waals surface area (Å²) >= 11 is 0. The van der Waals surface area contributed by atoms with Gasteiger partial charge in [-0.25, -0.2) is 0 Å². The second-order valence-electron chi connectivity index (χ2n) is 6.85. The summed E-state index contributed by atoms with van der Waals surface area (Å²) in [5.74, 6) is 0.721. The number of hydrogen-bond donors (Lipinski definition) is 1. The van der Waals surface area contributed by atoms with E-state index in [0.717, 1.165) is 44.7 Å². The molecule has 2 aliphatic rings. The number of morpholine rings is 1. The summed E-state index contributed by atoms with van der Waals surface area (Å²) in [5, 5.41) is 3.38. The monoisotopic (exact) mass is 342 g/mol. The molecule has 1 aromatic carbocycles. The van der Waals surface area contributed by atoms with E-state index in [4.69, 9.17) is 4.74 Å². The van der Waals surface area contributed by atoms with Crippen molar-refractivity contribution in [2.45, 2.75) is 31.5 Å². The van der Waals surface area contributed by atoms with Crippen LogP contribution in [-0.4, -0.2) is 50.3 Å². The largest absolute Gasteiger partial charge is 0.416 e. The highest BCUT2D eigenvalue weighted by Gasteiger charge is 2.31. The summed E-state index contributed by atoms with van der Waals surface area (Å²) in [5.41, 5.74) is 0.112. The highest BCUT2D eigenvalue weighted by Crippen LogP contribution is 2.30. The number of hydrogen-bond acceptors (Lipinski definition) is 3. The first-order valence-electron chi connectivity index (χ1n) is 8.71. The highest BCUT2D eigenvalue weighted by molar-refractivity contribution is 5.26. The molecule has 6 heteroatoms. The molecule has 0 amide bonds. The van der Waals surface area contributed by atoms with Gasteiger partial charge in [0.15, 0.2) is 0 Å². The molecular weight excluding hydrogens is 317 g/mol. The lowest BCUT2D eigenvalue weighted by atomic mass is 9.97. The topological polar surface area (TPSA) is 24.5 Å². The minimum Gasteiger partial charge on any atom is -0.375 e. The number of benzene rings is 1. The molecule has 3 rings (SSSR count). The quantitative estimate of drug-likeness (QED) is 0.911. The number of nitrogens with one attached hydrogen (secondary N) is 1. The average molecular weight is 342 g/mol. The Morgan fingerprint density at radius 1 is 1.21 bits per heavy atom. The third-order valence-corrected chi connectivity index (χ3v) is 4.92. The van der Waals surface area contributed by atoms with Crippen LogP contribution in [0.15, 0.2) is 24.3 Å². The predicted molar refractivity (Wildman–Crippen MR) is 86.9 cm³/mol. The Balaban J connectivity index is 1.55. The molecule has 0 radical (unpaired) electrons. The molecule has 1 unspecified atom stereocenters. The Labute approximate surface area is 141 Å². The van der Waals surface area contributed by atoms with Crippen molar-refractivity contribution >= 4 is 0 Å². The van der Waals surface area contributed by atoms with Crippen LogP contribution in [0.5, 0.6) is 0 Å². The first kappa shape index (κ1) is 17.7. The van der Waals surface area contributed by atoms with Gasteiger partial charge < -0.3 is 10.1 Å². The van der Waals surface area contributed by atoms with Gasteiger partial charge in [0.05, 0.1) is 18.3 Å². The number of piperidine rings is 1. The van der Waals surface area contributed by atoms with E-state index < -0.39 is 11.7 Å². The third-order valence-electron chi connectivity index (χ3n) is 4.92. The lowest BCUT2D eigenvalue weighted by molar-refractivity contribution is -0.137. The van der Waals surface area contributed by atoms with Crippen molar-refractivity contribution in [3.63, 3.8) is 0 Å². The van der Waals surface area contributed by atoms with Gasteiger partial charge in [-0.3, -0.25) is 4.90 Å². The first-order chi connectivity index (χ1) is 11.5. The van der Waals surface area contributed by atoms with Gasteiger partial charge in [-0.2, -0.15) is 13.2 Å². The summed E-state index contributed by atoms with van der Waals surface area (Å²) in [6.45, 7) is 5.63. The minimum atomic E-state index is -4.29. The highest BCUT2D eigenvalue weighted by atomic mass is 19.4. The maximum atomic E-state index is 12.8. The lowest BCUT2D eigenvalue weighted by Gasteiger charge is -2.36. The van der Waals surface area contributed by atoms with Gasteiger partial charge in [-0.15, -0.1) is 0 Å². The number of nitrogens with zero attached hydrogens (tertiary/aromatic N) is 1. The van der Waals surface area contributed by atoms with Gasteiger partial charge in [0.2, 0.25) is 0 Å². The molecule has 3 nitrogen and oxygen atoms in total. The van der Waals surface area contributed by atoms with E-state index in [1.54, 1.807) is 6.07 Å². The van der Waals surface area contributed by atoms with Crippen molar-refractivity contribution in [1.82, 2.24) is 10.2 Å². The maximum Gasteiger partial charge on any atom is 0.416 e. The summed E-state index contributed by atoms with van der Waals surface area (Å²) in [6.07, 6.45) is -1.37. The van der Waals surface area contributed by atoms with Gasteiger partial charge >= 0.3 is 6.18 Å². The number of halogens is 3. The normalized spacial score (nSPS) is 24.2. The van der Waals surface area contributed by atoms with E-state index in [1.807, 2.05) is 0 Å². The second-order valence-corrected chi connectivity index (χ2v) is 6.85. The summed E-state index contributed by atoms with van der Waals surface area (Å²) in [4.78, 5) is 2.41. The van der Waals surface area contributed by atoms with Gasteiger partial charge in [-0.1, -0.05) is 18.2 Å². The van der Waals surface area contributed by atoms with Gasteiger partial charge in [0, 0.05) is 19.6 Å². The van der Waals surface area contributed by atoms with Crippen LogP contribution in [0, 0.1) is 5.92 Å². The van der Waals surface area contributed by atoms with Crippen LogP contribution < -0.4 is 5.32 Å². The molecule has 0 bridgehead atoms. The summed E-state index contributed by atoms with van der Waals surface area (Å²) < 4.78 is 44.3. The Kier molecular flexibility index (Phi) is 5.79. The fraction of sp³-hybridized carbons (Fsp3) is 0.667. The third kappa shape index (κ3) is 4.94. The first-order valence-corrected chi connectivity index (χ1v) is 8.71. The molecule has 1 aromatic rings. The van der Waals surface area contributed by atoms with E-state index in [2.05, 4.69) is 10.2 Å². The minimum absolute atomic E-state index is 0.0241. The van der Waals surface area contributed by atoms with Gasteiger partial charge in [-0.05, 0) is 49.9 Å². The van der Waals surface area contributed by atoms with Crippen molar-refractivity contribution in [3.8, 4) is 0 Å². The zero-order chi connectivity index (χ0) is 17.0. The molecule has 0 saturated carbocycles. The average Bonchev–Trinajstić information content (AvgIpc) is 2.56. The Morgan fingerprint density at radius 3 is 2.75 bits per heavy atom. The molecule has 24 heavy (non-hydrogen) atoms. The Hall–Kier alpha value is -1.11. The van der Waals surface area contributed by atoms with Gasteiger partial charge in [0.25, 0.3) is 0 Å². The van der Waals surface area contributed by atoms with E-state index in [-0.39, 0.29) is 6.10 Å². The van der Waals surface area contributed by atoms with Crippen molar-refractivity contribution in [3.05, 3.63) is 35.4 Å². The van der Waals surface area contributed by atoms with Crippen LogP contribution in [0.25, 0.3) is 0 Å². The van der Waals surface area contributed by atoms with Crippen LogP contribution in [0.1, 0.15) is 24.0 Å². The smallest absolute Gasteiger partial charge is 0.375 e. The van der Waals surface area contributed by atoms with Crippen LogP contribution in [0.2, 0.25) is 0 Å². The number of alkyl halides is 3. The standard InChI is InChI=1S/C18H25F3N2O/c19-18(20,21)16-3-1-2-15(10-16)11-17-13-23(8-9-24-17)12-14-4-6-22-7-5-14/h1-3,10,14,17,22H,4-9,11-13H2. The predicted octanol–water partition coefficient (Wildman–Crippen LogP) is 2.95. The molecule has 0 aliphatic carbocycles. The molecule has 1 atom stereocenters. The molecule has 2 aliphatic heterocycles. The van der Waals surface area contributed by atoms with Crippen molar-refractivity contribution in [1.29, 1.82) is 0 Å². The number of ether oxygens (including phenoxy) is 1. The molecule has 0 spiro atoms. The van der Waals surface area contributed by atoms with Crippen LogP contribution in [0.4, 0.5) is 13.2 Å².